The fourth-order valence-corrected chi connectivity index (χ4v) is 3.02. The number of hydrogen-bond donors (Lipinski definition) is 1. The Bertz CT molecular complexity index is 733. The molecule has 0 amide bonds. The standard InChI is InChI=1S/C14H11ClN2OS/c1-8-6-19-7-11(8)13-12(14(16)17-18-13)9-3-2-4-10(15)5-9/h2-7H,1H3,(H2,16,17). The number of hydrogen-bond acceptors (Lipinski definition) is 4. The third kappa shape index (κ3) is 2.13. The molecular weight excluding hydrogens is 280 g/mol. The van der Waals surface area contributed by atoms with Gasteiger partial charge in [-0.25, -0.2) is 0 Å². The smallest absolute Gasteiger partial charge is 0.178 e. The first kappa shape index (κ1) is 12.3. The third-order valence-electron chi connectivity index (χ3n) is 2.93. The molecule has 0 aliphatic heterocycles. The number of anilines is 1. The van der Waals surface area contributed by atoms with Gasteiger partial charge >= 0.3 is 0 Å². The molecule has 2 heterocycles. The molecule has 3 nitrogen and oxygen atoms in total. The first-order valence-corrected chi connectivity index (χ1v) is 7.03. The quantitative estimate of drug-likeness (QED) is 0.749. The Hall–Kier alpha value is -1.78. The molecule has 5 heteroatoms. The average molecular weight is 291 g/mol. The van der Waals surface area contributed by atoms with E-state index >= 15 is 0 Å². The second kappa shape index (κ2) is 4.72. The minimum absolute atomic E-state index is 0.378. The number of nitrogens with zero attached hydrogens (tertiary/aromatic N) is 1. The van der Waals surface area contributed by atoms with Gasteiger partial charge in [-0.05, 0) is 35.6 Å². The summed E-state index contributed by atoms with van der Waals surface area (Å²) in [5, 5.41) is 8.64. The van der Waals surface area contributed by atoms with Gasteiger partial charge in [-0.2, -0.15) is 11.3 Å². The molecule has 0 unspecified atom stereocenters. The minimum atomic E-state index is 0.378. The summed E-state index contributed by atoms with van der Waals surface area (Å²) in [6.07, 6.45) is 0. The Labute approximate surface area is 119 Å². The van der Waals surface area contributed by atoms with Crippen molar-refractivity contribution in [3.8, 4) is 22.5 Å². The molecule has 3 aromatic rings. The summed E-state index contributed by atoms with van der Waals surface area (Å²) in [5.41, 5.74) is 9.80. The zero-order valence-electron chi connectivity index (χ0n) is 10.2. The molecule has 0 spiro atoms. The molecule has 96 valence electrons. The van der Waals surface area contributed by atoms with E-state index < -0.39 is 0 Å². The van der Waals surface area contributed by atoms with Gasteiger partial charge in [-0.3, -0.25) is 0 Å². The zero-order valence-corrected chi connectivity index (χ0v) is 11.8. The summed E-state index contributed by atoms with van der Waals surface area (Å²) in [5.74, 6) is 1.07. The molecule has 2 N–H and O–H groups in total. The van der Waals surface area contributed by atoms with Crippen molar-refractivity contribution in [3.05, 3.63) is 45.6 Å². The highest BCUT2D eigenvalue weighted by atomic mass is 35.5. The lowest BCUT2D eigenvalue weighted by molar-refractivity contribution is 0.436. The average Bonchev–Trinajstić information content (AvgIpc) is 2.95. The van der Waals surface area contributed by atoms with Gasteiger partial charge in [0.05, 0.1) is 5.56 Å². The van der Waals surface area contributed by atoms with E-state index in [9.17, 15) is 0 Å². The van der Waals surface area contributed by atoms with Gasteiger partial charge in [0.2, 0.25) is 0 Å². The fourth-order valence-electron chi connectivity index (χ4n) is 2.00. The highest BCUT2D eigenvalue weighted by molar-refractivity contribution is 7.08. The number of rotatable bonds is 2. The normalized spacial score (nSPS) is 10.8. The van der Waals surface area contributed by atoms with Crippen LogP contribution in [0.4, 0.5) is 5.82 Å². The van der Waals surface area contributed by atoms with E-state index in [-0.39, 0.29) is 0 Å². The molecule has 0 saturated heterocycles. The summed E-state index contributed by atoms with van der Waals surface area (Å²) in [6.45, 7) is 2.03. The Morgan fingerprint density at radius 1 is 1.32 bits per heavy atom. The van der Waals surface area contributed by atoms with E-state index in [1.807, 2.05) is 36.6 Å². The van der Waals surface area contributed by atoms with Crippen molar-refractivity contribution in [1.82, 2.24) is 5.16 Å². The Kier molecular flexibility index (Phi) is 3.05. The van der Waals surface area contributed by atoms with Gasteiger partial charge in [-0.15, -0.1) is 0 Å². The molecule has 1 aromatic carbocycles. The highest BCUT2D eigenvalue weighted by Gasteiger charge is 2.19. The van der Waals surface area contributed by atoms with Crippen LogP contribution in [0.2, 0.25) is 5.02 Å². The van der Waals surface area contributed by atoms with Crippen LogP contribution in [0.15, 0.2) is 39.5 Å². The Morgan fingerprint density at radius 2 is 2.16 bits per heavy atom. The number of aromatic nitrogens is 1. The third-order valence-corrected chi connectivity index (χ3v) is 4.03. The molecule has 3 rings (SSSR count). The summed E-state index contributed by atoms with van der Waals surface area (Å²) < 4.78 is 5.40. The van der Waals surface area contributed by atoms with Crippen LogP contribution in [0.1, 0.15) is 5.56 Å². The molecule has 0 radical (unpaired) electrons. The summed E-state index contributed by atoms with van der Waals surface area (Å²) in [6, 6.07) is 7.51. The molecule has 0 aliphatic carbocycles. The second-order valence-corrected chi connectivity index (χ2v) is 5.43. The van der Waals surface area contributed by atoms with Gasteiger partial charge in [0.25, 0.3) is 0 Å². The number of aryl methyl sites for hydroxylation is 1. The van der Waals surface area contributed by atoms with E-state index in [1.54, 1.807) is 11.3 Å². The van der Waals surface area contributed by atoms with Crippen molar-refractivity contribution in [2.24, 2.45) is 0 Å². The first-order valence-electron chi connectivity index (χ1n) is 5.71. The molecule has 2 aromatic heterocycles. The van der Waals surface area contributed by atoms with Crippen LogP contribution < -0.4 is 5.73 Å². The molecule has 0 saturated carbocycles. The van der Waals surface area contributed by atoms with Gasteiger partial charge in [-0.1, -0.05) is 28.9 Å². The predicted molar refractivity (Wildman–Crippen MR) is 79.4 cm³/mol. The van der Waals surface area contributed by atoms with Gasteiger partial charge in [0, 0.05) is 16.0 Å². The van der Waals surface area contributed by atoms with Gasteiger partial charge in [0.15, 0.2) is 11.6 Å². The molecule has 0 fully saturated rings. The second-order valence-electron chi connectivity index (χ2n) is 4.25. The van der Waals surface area contributed by atoms with Crippen LogP contribution in [-0.4, -0.2) is 5.16 Å². The van der Waals surface area contributed by atoms with Crippen LogP contribution in [0.3, 0.4) is 0 Å². The molecular formula is C14H11ClN2OS. The lowest BCUT2D eigenvalue weighted by atomic mass is 10.0. The topological polar surface area (TPSA) is 52.0 Å². The molecule has 19 heavy (non-hydrogen) atoms. The molecule has 0 bridgehead atoms. The van der Waals surface area contributed by atoms with Crippen molar-refractivity contribution in [3.63, 3.8) is 0 Å². The highest BCUT2D eigenvalue weighted by Crippen LogP contribution is 2.39. The van der Waals surface area contributed by atoms with Crippen molar-refractivity contribution >= 4 is 28.8 Å². The molecule has 0 atom stereocenters. The van der Waals surface area contributed by atoms with E-state index in [0.717, 1.165) is 22.3 Å². The van der Waals surface area contributed by atoms with Crippen LogP contribution >= 0.6 is 22.9 Å². The SMILES string of the molecule is Cc1cscc1-c1onc(N)c1-c1cccc(Cl)c1. The van der Waals surface area contributed by atoms with E-state index in [4.69, 9.17) is 21.9 Å². The number of nitrogens with two attached hydrogens (primary N) is 1. The van der Waals surface area contributed by atoms with Crippen LogP contribution in [0.25, 0.3) is 22.5 Å². The van der Waals surface area contributed by atoms with E-state index in [0.29, 0.717) is 16.6 Å². The molecule has 0 aliphatic rings. The van der Waals surface area contributed by atoms with Crippen molar-refractivity contribution < 1.29 is 4.52 Å². The Balaban J connectivity index is 2.22. The van der Waals surface area contributed by atoms with Crippen molar-refractivity contribution in [1.29, 1.82) is 0 Å². The van der Waals surface area contributed by atoms with Gasteiger partial charge < -0.3 is 10.3 Å². The van der Waals surface area contributed by atoms with Crippen LogP contribution in [-0.2, 0) is 0 Å². The van der Waals surface area contributed by atoms with Crippen molar-refractivity contribution in [2.45, 2.75) is 6.92 Å². The lowest BCUT2D eigenvalue weighted by Crippen LogP contribution is -1.88. The summed E-state index contributed by atoms with van der Waals surface area (Å²) in [7, 11) is 0. The number of nitrogen functional groups attached to an aromatic ring is 1. The number of benzene rings is 1. The Morgan fingerprint density at radius 3 is 2.84 bits per heavy atom. The summed E-state index contributed by atoms with van der Waals surface area (Å²) in [4.78, 5) is 0. The maximum atomic E-state index is 6.03. The minimum Gasteiger partial charge on any atom is -0.380 e. The van der Waals surface area contributed by atoms with Crippen molar-refractivity contribution in [2.75, 3.05) is 5.73 Å². The predicted octanol–water partition coefficient (Wildman–Crippen LogP) is 4.61. The van der Waals surface area contributed by atoms with Gasteiger partial charge in [0.1, 0.15) is 0 Å². The van der Waals surface area contributed by atoms with E-state index in [2.05, 4.69) is 10.5 Å². The zero-order chi connectivity index (χ0) is 13.4. The summed E-state index contributed by atoms with van der Waals surface area (Å²) >= 11 is 7.66. The van der Waals surface area contributed by atoms with Crippen LogP contribution in [0.5, 0.6) is 0 Å². The monoisotopic (exact) mass is 290 g/mol. The number of halogens is 1. The lowest BCUT2D eigenvalue weighted by Gasteiger charge is -2.03. The first-order chi connectivity index (χ1) is 9.16. The largest absolute Gasteiger partial charge is 0.380 e. The van der Waals surface area contributed by atoms with E-state index in [1.165, 1.54) is 0 Å². The maximum Gasteiger partial charge on any atom is 0.178 e. The van der Waals surface area contributed by atoms with Crippen LogP contribution in [0, 0.1) is 6.92 Å². The fraction of sp³-hybridized carbons (Fsp3) is 0.0714. The number of thiophene rings is 1. The maximum absolute atomic E-state index is 6.03.